The summed E-state index contributed by atoms with van der Waals surface area (Å²) in [7, 11) is 0. The fraction of sp³-hybridized carbons (Fsp3) is 0.297. The van der Waals surface area contributed by atoms with Gasteiger partial charge in [-0.25, -0.2) is 0 Å². The summed E-state index contributed by atoms with van der Waals surface area (Å²) < 4.78 is 13.4. The molecular weight excluding hydrogens is 568 g/mol. The van der Waals surface area contributed by atoms with E-state index in [0.29, 0.717) is 12.2 Å². The Balaban J connectivity index is 1.42. The maximum absolute atomic E-state index is 12.3. The number of hydrogen-bond acceptors (Lipinski definition) is 6. The van der Waals surface area contributed by atoms with Crippen molar-refractivity contribution in [3.8, 4) is 0 Å². The van der Waals surface area contributed by atoms with Crippen LogP contribution in [-0.4, -0.2) is 39.6 Å². The number of anilines is 1. The number of carbonyl (C=O) groups excluding carboxylic acids is 1. The van der Waals surface area contributed by atoms with Gasteiger partial charge >= 0.3 is 5.97 Å². The zero-order valence-electron chi connectivity index (χ0n) is 25.4. The highest BCUT2D eigenvalue weighted by atomic mass is 16.7. The molecule has 0 saturated carbocycles. The van der Waals surface area contributed by atoms with E-state index in [2.05, 4.69) is 65.7 Å². The Morgan fingerprint density at radius 3 is 2.00 bits per heavy atom. The summed E-state index contributed by atoms with van der Waals surface area (Å²) in [5.41, 5.74) is 5.55. The van der Waals surface area contributed by atoms with Gasteiger partial charge in [0.25, 0.3) is 0 Å². The Labute approximate surface area is 264 Å². The smallest absolute Gasteiger partial charge is 0.303 e. The fourth-order valence-corrected chi connectivity index (χ4v) is 5.66. The number of aliphatic carboxylic acids is 1. The summed E-state index contributed by atoms with van der Waals surface area (Å²) in [4.78, 5) is 25.7. The molecule has 0 radical (unpaired) electrons. The van der Waals surface area contributed by atoms with E-state index in [1.165, 1.54) is 11.1 Å². The van der Waals surface area contributed by atoms with Crippen molar-refractivity contribution in [1.29, 1.82) is 0 Å². The van der Waals surface area contributed by atoms with Crippen LogP contribution in [0, 0.1) is 5.92 Å². The van der Waals surface area contributed by atoms with Crippen LogP contribution in [0.5, 0.6) is 0 Å². The SMILES string of the molecule is C[C@@H]1[C@H](CN(Cc2ccccc2)Cc2ccccc2)O[C@H](c2cccc(NC(=O)CCC(=O)O)c2)O[C@@H]1c1ccc(CO)cc1. The third-order valence-electron chi connectivity index (χ3n) is 8.07. The van der Waals surface area contributed by atoms with E-state index < -0.39 is 12.3 Å². The third kappa shape index (κ3) is 9.09. The second kappa shape index (κ2) is 15.6. The van der Waals surface area contributed by atoms with Gasteiger partial charge in [-0.2, -0.15) is 0 Å². The number of aliphatic hydroxyl groups is 1. The van der Waals surface area contributed by atoms with Crippen LogP contribution in [0.2, 0.25) is 0 Å². The lowest BCUT2D eigenvalue weighted by Crippen LogP contribution is -2.44. The van der Waals surface area contributed by atoms with Gasteiger partial charge in [0, 0.05) is 43.2 Å². The highest BCUT2D eigenvalue weighted by Crippen LogP contribution is 2.42. The summed E-state index contributed by atoms with van der Waals surface area (Å²) in [5.74, 6) is -1.39. The van der Waals surface area contributed by atoms with Crippen LogP contribution in [0.3, 0.4) is 0 Å². The summed E-state index contributed by atoms with van der Waals surface area (Å²) in [6.07, 6.45) is -1.54. The molecule has 0 spiro atoms. The van der Waals surface area contributed by atoms with E-state index >= 15 is 0 Å². The average Bonchev–Trinajstić information content (AvgIpc) is 3.06. The van der Waals surface area contributed by atoms with Crippen LogP contribution in [0.25, 0.3) is 0 Å². The quantitative estimate of drug-likeness (QED) is 0.160. The number of rotatable bonds is 13. The average molecular weight is 609 g/mol. The second-order valence-corrected chi connectivity index (χ2v) is 11.5. The molecule has 1 saturated heterocycles. The first-order valence-electron chi connectivity index (χ1n) is 15.3. The number of carbonyl (C=O) groups is 2. The van der Waals surface area contributed by atoms with Crippen molar-refractivity contribution in [2.45, 2.75) is 58.0 Å². The van der Waals surface area contributed by atoms with Gasteiger partial charge in [-0.3, -0.25) is 14.5 Å². The van der Waals surface area contributed by atoms with E-state index in [-0.39, 0.29) is 43.5 Å². The number of benzene rings is 4. The second-order valence-electron chi connectivity index (χ2n) is 11.5. The van der Waals surface area contributed by atoms with Crippen molar-refractivity contribution in [1.82, 2.24) is 4.90 Å². The zero-order valence-corrected chi connectivity index (χ0v) is 25.4. The number of nitrogens with one attached hydrogen (secondary N) is 1. The summed E-state index contributed by atoms with van der Waals surface area (Å²) >= 11 is 0. The number of ether oxygens (including phenoxy) is 2. The standard InChI is InChI=1S/C37H40N2O6/c1-26-33(24-39(22-27-9-4-2-5-10-27)23-28-11-6-3-7-12-28)44-37(45-36(26)30-17-15-29(25-40)16-18-30)31-13-8-14-32(21-31)38-34(41)19-20-35(42)43/h2-18,21,26,33,36-37,40H,19-20,22-25H2,1H3,(H,38,41)(H,42,43)/t26-,33+,36+,37+/m1/s1. The highest BCUT2D eigenvalue weighted by molar-refractivity contribution is 5.92. The minimum atomic E-state index is -1.02. The van der Waals surface area contributed by atoms with Crippen molar-refractivity contribution in [3.05, 3.63) is 137 Å². The van der Waals surface area contributed by atoms with Gasteiger partial charge < -0.3 is 25.0 Å². The molecule has 0 aliphatic carbocycles. The largest absolute Gasteiger partial charge is 0.481 e. The lowest BCUT2D eigenvalue weighted by molar-refractivity contribution is -0.276. The van der Waals surface area contributed by atoms with Crippen LogP contribution in [0.4, 0.5) is 5.69 Å². The molecular formula is C37H40N2O6. The molecule has 1 amide bonds. The van der Waals surface area contributed by atoms with Gasteiger partial charge in [0.05, 0.1) is 25.2 Å². The molecule has 4 atom stereocenters. The summed E-state index contributed by atoms with van der Waals surface area (Å²) in [5, 5.41) is 21.3. The molecule has 4 aromatic carbocycles. The molecule has 8 nitrogen and oxygen atoms in total. The van der Waals surface area contributed by atoms with E-state index in [9.17, 15) is 14.7 Å². The highest BCUT2D eigenvalue weighted by Gasteiger charge is 2.39. The van der Waals surface area contributed by atoms with Crippen LogP contribution >= 0.6 is 0 Å². The van der Waals surface area contributed by atoms with Crippen molar-refractivity contribution in [2.75, 3.05) is 11.9 Å². The molecule has 234 valence electrons. The van der Waals surface area contributed by atoms with Crippen molar-refractivity contribution in [2.24, 2.45) is 5.92 Å². The number of aliphatic hydroxyl groups excluding tert-OH is 1. The van der Waals surface area contributed by atoms with Gasteiger partial charge in [-0.05, 0) is 34.4 Å². The van der Waals surface area contributed by atoms with Crippen LogP contribution in [0.15, 0.2) is 109 Å². The van der Waals surface area contributed by atoms with E-state index in [4.69, 9.17) is 14.6 Å². The maximum Gasteiger partial charge on any atom is 0.303 e. The van der Waals surface area contributed by atoms with Gasteiger partial charge in [-0.15, -0.1) is 0 Å². The van der Waals surface area contributed by atoms with Crippen molar-refractivity contribution in [3.63, 3.8) is 0 Å². The number of amides is 1. The molecule has 1 fully saturated rings. The van der Waals surface area contributed by atoms with Crippen LogP contribution in [0.1, 0.15) is 60.0 Å². The molecule has 3 N–H and O–H groups in total. The third-order valence-corrected chi connectivity index (χ3v) is 8.07. The Morgan fingerprint density at radius 2 is 1.40 bits per heavy atom. The minimum absolute atomic E-state index is 0.00539. The summed E-state index contributed by atoms with van der Waals surface area (Å²) in [6, 6.07) is 35.9. The lowest BCUT2D eigenvalue weighted by Gasteiger charge is -2.43. The number of carboxylic acids is 1. The molecule has 5 rings (SSSR count). The lowest BCUT2D eigenvalue weighted by atomic mass is 9.89. The summed E-state index contributed by atoms with van der Waals surface area (Å²) in [6.45, 7) is 4.27. The first kappa shape index (κ1) is 32.1. The topological polar surface area (TPSA) is 108 Å². The Kier molecular flexibility index (Phi) is 11.1. The van der Waals surface area contributed by atoms with Gasteiger partial charge in [0.1, 0.15) is 0 Å². The minimum Gasteiger partial charge on any atom is -0.481 e. The Morgan fingerprint density at radius 1 is 0.756 bits per heavy atom. The zero-order chi connectivity index (χ0) is 31.6. The number of nitrogens with zero attached hydrogens (tertiary/aromatic N) is 1. The molecule has 8 heteroatoms. The van der Waals surface area contributed by atoms with E-state index in [1.54, 1.807) is 6.07 Å². The monoisotopic (exact) mass is 608 g/mol. The molecule has 1 aliphatic rings. The van der Waals surface area contributed by atoms with E-state index in [0.717, 1.165) is 29.8 Å². The maximum atomic E-state index is 12.3. The van der Waals surface area contributed by atoms with Gasteiger partial charge in [0.2, 0.25) is 5.91 Å². The molecule has 4 aromatic rings. The normalized spacial score (nSPS) is 19.7. The Bertz CT molecular complexity index is 1490. The molecule has 0 aromatic heterocycles. The fourth-order valence-electron chi connectivity index (χ4n) is 5.66. The van der Waals surface area contributed by atoms with E-state index in [1.807, 2.05) is 54.6 Å². The predicted octanol–water partition coefficient (Wildman–Crippen LogP) is 6.48. The predicted molar refractivity (Wildman–Crippen MR) is 172 cm³/mol. The Hall–Kier alpha value is -4.34. The molecule has 0 bridgehead atoms. The van der Waals surface area contributed by atoms with Crippen LogP contribution in [-0.2, 0) is 38.8 Å². The number of hydrogen-bond donors (Lipinski definition) is 3. The molecule has 45 heavy (non-hydrogen) atoms. The first-order valence-corrected chi connectivity index (χ1v) is 15.3. The van der Waals surface area contributed by atoms with Crippen LogP contribution < -0.4 is 5.32 Å². The van der Waals surface area contributed by atoms with Gasteiger partial charge in [0.15, 0.2) is 6.29 Å². The molecule has 1 aliphatic heterocycles. The van der Waals surface area contributed by atoms with Crippen molar-refractivity contribution >= 4 is 17.6 Å². The number of carboxylic acid groups (broad SMARTS) is 1. The van der Waals surface area contributed by atoms with Crippen molar-refractivity contribution < 1.29 is 29.3 Å². The first-order chi connectivity index (χ1) is 21.9. The molecule has 0 unspecified atom stereocenters. The molecule has 1 heterocycles. The van der Waals surface area contributed by atoms with Gasteiger partial charge in [-0.1, -0.05) is 104 Å².